The summed E-state index contributed by atoms with van der Waals surface area (Å²) in [6, 6.07) is 0. The first kappa shape index (κ1) is 17.0. The summed E-state index contributed by atoms with van der Waals surface area (Å²) in [5, 5.41) is 0. The Balaban J connectivity index is 2.35. The van der Waals surface area contributed by atoms with E-state index in [1.165, 1.54) is 51.4 Å². The van der Waals surface area contributed by atoms with Crippen LogP contribution in [0.3, 0.4) is 0 Å². The molecular weight excluding hydrogens is 232 g/mol. The van der Waals surface area contributed by atoms with Gasteiger partial charge >= 0.3 is 0 Å². The molecule has 0 aromatic heterocycles. The van der Waals surface area contributed by atoms with Gasteiger partial charge in [0.25, 0.3) is 0 Å². The maximum Gasteiger partial charge on any atom is 0.0598 e. The van der Waals surface area contributed by atoms with Crippen LogP contribution in [0, 0.1) is 10.8 Å². The predicted octanol–water partition coefficient (Wildman–Crippen LogP) is 5.97. The molecular formula is C18H36O. The molecule has 1 fully saturated rings. The van der Waals surface area contributed by atoms with Gasteiger partial charge in [0.2, 0.25) is 0 Å². The van der Waals surface area contributed by atoms with Crippen molar-refractivity contribution < 1.29 is 4.74 Å². The van der Waals surface area contributed by atoms with Crippen LogP contribution in [0.2, 0.25) is 0 Å². The lowest BCUT2D eigenvalue weighted by atomic mass is 9.80. The monoisotopic (exact) mass is 268 g/mol. The quantitative estimate of drug-likeness (QED) is 0.539. The van der Waals surface area contributed by atoms with Crippen LogP contribution in [-0.2, 0) is 4.74 Å². The third-order valence-corrected chi connectivity index (χ3v) is 4.36. The highest BCUT2D eigenvalue weighted by Gasteiger charge is 2.34. The van der Waals surface area contributed by atoms with Crippen molar-refractivity contribution in [3.63, 3.8) is 0 Å². The van der Waals surface area contributed by atoms with Gasteiger partial charge in [-0.15, -0.1) is 0 Å². The zero-order valence-electron chi connectivity index (χ0n) is 14.3. The Morgan fingerprint density at radius 2 is 1.47 bits per heavy atom. The van der Waals surface area contributed by atoms with Crippen LogP contribution >= 0.6 is 0 Å². The van der Waals surface area contributed by atoms with E-state index >= 15 is 0 Å². The van der Waals surface area contributed by atoms with Gasteiger partial charge in [0, 0.05) is 0 Å². The standard InChI is InChI=1S/C18H36O/c1-16(2,3)11-7-8-12-18(13-9-10-14-18)15-19-17(4,5)6/h7-15H2,1-6H3. The van der Waals surface area contributed by atoms with Gasteiger partial charge in [-0.05, 0) is 57.3 Å². The molecule has 0 heterocycles. The van der Waals surface area contributed by atoms with Crippen molar-refractivity contribution in [1.29, 1.82) is 0 Å². The van der Waals surface area contributed by atoms with Crippen molar-refractivity contribution in [2.75, 3.05) is 6.61 Å². The Labute approximate surface area is 121 Å². The maximum absolute atomic E-state index is 6.11. The van der Waals surface area contributed by atoms with E-state index < -0.39 is 0 Å². The van der Waals surface area contributed by atoms with Gasteiger partial charge in [-0.25, -0.2) is 0 Å². The van der Waals surface area contributed by atoms with Crippen molar-refractivity contribution in [2.45, 2.75) is 98.5 Å². The SMILES string of the molecule is CC(C)(C)CCCCC1(COC(C)(C)C)CCCC1. The van der Waals surface area contributed by atoms with Crippen molar-refractivity contribution in [3.8, 4) is 0 Å². The van der Waals surface area contributed by atoms with Crippen LogP contribution < -0.4 is 0 Å². The molecule has 0 bridgehead atoms. The van der Waals surface area contributed by atoms with Crippen molar-refractivity contribution in [1.82, 2.24) is 0 Å². The highest BCUT2D eigenvalue weighted by Crippen LogP contribution is 2.43. The fraction of sp³-hybridized carbons (Fsp3) is 1.00. The molecule has 1 aliphatic carbocycles. The molecule has 0 unspecified atom stereocenters. The first-order chi connectivity index (χ1) is 8.62. The van der Waals surface area contributed by atoms with Gasteiger partial charge in [-0.2, -0.15) is 0 Å². The van der Waals surface area contributed by atoms with Gasteiger partial charge in [-0.1, -0.05) is 46.5 Å². The van der Waals surface area contributed by atoms with E-state index in [9.17, 15) is 0 Å². The molecule has 0 radical (unpaired) electrons. The number of unbranched alkanes of at least 4 members (excludes halogenated alkanes) is 1. The first-order valence-electron chi connectivity index (χ1n) is 8.26. The molecule has 1 heteroatoms. The molecule has 1 aliphatic rings. The molecule has 0 aromatic rings. The van der Waals surface area contributed by atoms with Crippen LogP contribution in [0.5, 0.6) is 0 Å². The van der Waals surface area contributed by atoms with Crippen LogP contribution in [0.25, 0.3) is 0 Å². The van der Waals surface area contributed by atoms with Crippen LogP contribution in [0.4, 0.5) is 0 Å². The Bertz CT molecular complexity index is 248. The molecule has 0 aliphatic heterocycles. The highest BCUT2D eigenvalue weighted by atomic mass is 16.5. The largest absolute Gasteiger partial charge is 0.375 e. The minimum Gasteiger partial charge on any atom is -0.375 e. The second-order valence-electron chi connectivity index (χ2n) is 8.88. The summed E-state index contributed by atoms with van der Waals surface area (Å²) >= 11 is 0. The summed E-state index contributed by atoms with van der Waals surface area (Å²) < 4.78 is 6.11. The predicted molar refractivity (Wildman–Crippen MR) is 84.5 cm³/mol. The third kappa shape index (κ3) is 7.34. The van der Waals surface area contributed by atoms with Crippen molar-refractivity contribution in [2.24, 2.45) is 10.8 Å². The molecule has 19 heavy (non-hydrogen) atoms. The minimum absolute atomic E-state index is 0.0149. The molecule has 1 saturated carbocycles. The molecule has 0 spiro atoms. The number of hydrogen-bond acceptors (Lipinski definition) is 1. The summed E-state index contributed by atoms with van der Waals surface area (Å²) in [6.07, 6.45) is 11.1. The van der Waals surface area contributed by atoms with Crippen LogP contribution in [-0.4, -0.2) is 12.2 Å². The Morgan fingerprint density at radius 1 is 0.895 bits per heavy atom. The zero-order chi connectivity index (χ0) is 14.6. The minimum atomic E-state index is 0.0149. The van der Waals surface area contributed by atoms with Crippen LogP contribution in [0.15, 0.2) is 0 Å². The number of hydrogen-bond donors (Lipinski definition) is 0. The van der Waals surface area contributed by atoms with Crippen LogP contribution in [0.1, 0.15) is 92.9 Å². The molecule has 0 amide bonds. The molecule has 0 N–H and O–H groups in total. The van der Waals surface area contributed by atoms with Gasteiger partial charge in [0.05, 0.1) is 12.2 Å². The first-order valence-corrected chi connectivity index (χ1v) is 8.26. The number of rotatable bonds is 6. The summed E-state index contributed by atoms with van der Waals surface area (Å²) in [5.41, 5.74) is 1.01. The van der Waals surface area contributed by atoms with E-state index in [1.54, 1.807) is 0 Å². The molecule has 0 aromatic carbocycles. The normalized spacial score (nSPS) is 19.9. The fourth-order valence-corrected chi connectivity index (χ4v) is 3.12. The van der Waals surface area contributed by atoms with Gasteiger partial charge < -0.3 is 4.74 Å². The van der Waals surface area contributed by atoms with E-state index in [1.807, 2.05) is 0 Å². The zero-order valence-corrected chi connectivity index (χ0v) is 14.3. The fourth-order valence-electron chi connectivity index (χ4n) is 3.12. The lowest BCUT2D eigenvalue weighted by Crippen LogP contribution is -2.30. The average Bonchev–Trinajstić information content (AvgIpc) is 2.69. The van der Waals surface area contributed by atoms with E-state index in [-0.39, 0.29) is 5.60 Å². The molecule has 114 valence electrons. The highest BCUT2D eigenvalue weighted by molar-refractivity contribution is 4.85. The maximum atomic E-state index is 6.11. The Hall–Kier alpha value is -0.0400. The van der Waals surface area contributed by atoms with E-state index in [2.05, 4.69) is 41.5 Å². The molecule has 1 nitrogen and oxygen atoms in total. The second-order valence-corrected chi connectivity index (χ2v) is 8.88. The Morgan fingerprint density at radius 3 is 1.95 bits per heavy atom. The van der Waals surface area contributed by atoms with Gasteiger partial charge in [0.15, 0.2) is 0 Å². The molecule has 0 atom stereocenters. The third-order valence-electron chi connectivity index (χ3n) is 4.36. The average molecular weight is 268 g/mol. The number of ether oxygens (including phenoxy) is 1. The lowest BCUT2D eigenvalue weighted by Gasteiger charge is -2.33. The Kier molecular flexibility index (Phi) is 5.92. The molecule has 0 saturated heterocycles. The van der Waals surface area contributed by atoms with Gasteiger partial charge in [-0.3, -0.25) is 0 Å². The van der Waals surface area contributed by atoms with E-state index in [0.29, 0.717) is 10.8 Å². The van der Waals surface area contributed by atoms with Gasteiger partial charge in [0.1, 0.15) is 0 Å². The smallest absolute Gasteiger partial charge is 0.0598 e. The summed E-state index contributed by atoms with van der Waals surface area (Å²) in [7, 11) is 0. The molecule has 1 rings (SSSR count). The summed E-state index contributed by atoms with van der Waals surface area (Å²) in [4.78, 5) is 0. The summed E-state index contributed by atoms with van der Waals surface area (Å²) in [5.74, 6) is 0. The van der Waals surface area contributed by atoms with Crippen molar-refractivity contribution in [3.05, 3.63) is 0 Å². The van der Waals surface area contributed by atoms with E-state index in [0.717, 1.165) is 6.61 Å². The topological polar surface area (TPSA) is 9.23 Å². The van der Waals surface area contributed by atoms with E-state index in [4.69, 9.17) is 4.74 Å². The lowest BCUT2D eigenvalue weighted by molar-refractivity contribution is -0.0541. The van der Waals surface area contributed by atoms with Crippen molar-refractivity contribution >= 4 is 0 Å². The second kappa shape index (κ2) is 6.61. The summed E-state index contributed by atoms with van der Waals surface area (Å²) in [6.45, 7) is 14.6.